The minimum Gasteiger partial charge on any atom is -0.508 e. The smallest absolute Gasteiger partial charge is 0.118 e. The van der Waals surface area contributed by atoms with Crippen molar-refractivity contribution in [3.8, 4) is 5.75 Å². The molecule has 1 aromatic rings. The Kier molecular flexibility index (Phi) is 2.46. The lowest BCUT2D eigenvalue weighted by atomic mass is 9.87. The highest BCUT2D eigenvalue weighted by atomic mass is 16.3. The summed E-state index contributed by atoms with van der Waals surface area (Å²) in [4.78, 5) is 0. The van der Waals surface area contributed by atoms with Crippen LogP contribution in [0.2, 0.25) is 0 Å². The van der Waals surface area contributed by atoms with Crippen molar-refractivity contribution in [2.45, 2.75) is 26.7 Å². The van der Waals surface area contributed by atoms with Gasteiger partial charge in [0.05, 0.1) is 0 Å². The van der Waals surface area contributed by atoms with Crippen molar-refractivity contribution in [1.29, 1.82) is 0 Å². The first-order valence-corrected chi connectivity index (χ1v) is 4.11. The van der Waals surface area contributed by atoms with Crippen molar-refractivity contribution in [3.05, 3.63) is 23.3 Å². The molecule has 0 aromatic heterocycles. The summed E-state index contributed by atoms with van der Waals surface area (Å²) in [5.74, 6) is 0.636. The fourth-order valence-electron chi connectivity index (χ4n) is 1.20. The van der Waals surface area contributed by atoms with E-state index in [9.17, 15) is 5.11 Å². The van der Waals surface area contributed by atoms with Crippen molar-refractivity contribution in [1.82, 2.24) is 0 Å². The van der Waals surface area contributed by atoms with E-state index in [2.05, 4.69) is 0 Å². The van der Waals surface area contributed by atoms with E-state index in [0.29, 0.717) is 17.1 Å². The van der Waals surface area contributed by atoms with Gasteiger partial charge in [0, 0.05) is 0 Å². The fraction of sp³-hybridized carbons (Fsp3) is 0.400. The van der Waals surface area contributed by atoms with Crippen molar-refractivity contribution in [2.24, 2.45) is 0 Å². The van der Waals surface area contributed by atoms with Crippen LogP contribution in [0.4, 0.5) is 0 Å². The van der Waals surface area contributed by atoms with Crippen LogP contribution in [0.5, 0.6) is 5.75 Å². The third-order valence-electron chi connectivity index (χ3n) is 2.04. The van der Waals surface area contributed by atoms with Gasteiger partial charge in [0.1, 0.15) is 13.6 Å². The quantitative estimate of drug-likeness (QED) is 0.619. The average Bonchev–Trinajstić information content (AvgIpc) is 1.96. The normalized spacial score (nSPS) is 10.7. The molecule has 0 aliphatic rings. The van der Waals surface area contributed by atoms with Crippen LogP contribution in [0.3, 0.4) is 0 Å². The van der Waals surface area contributed by atoms with Crippen LogP contribution < -0.4 is 5.46 Å². The van der Waals surface area contributed by atoms with Crippen LogP contribution in [-0.2, 0) is 0 Å². The lowest BCUT2D eigenvalue weighted by Crippen LogP contribution is -2.07. The summed E-state index contributed by atoms with van der Waals surface area (Å²) in [5.41, 5.74) is 2.63. The number of phenols is 1. The molecule has 12 heavy (non-hydrogen) atoms. The zero-order chi connectivity index (χ0) is 9.30. The minimum absolute atomic E-state index is 0.299. The highest BCUT2D eigenvalue weighted by Crippen LogP contribution is 2.24. The van der Waals surface area contributed by atoms with Gasteiger partial charge in [-0.25, -0.2) is 0 Å². The summed E-state index contributed by atoms with van der Waals surface area (Å²) >= 11 is 0. The Bertz CT molecular complexity index is 292. The molecule has 1 aromatic carbocycles. The van der Waals surface area contributed by atoms with Gasteiger partial charge in [-0.05, 0) is 24.5 Å². The van der Waals surface area contributed by atoms with Crippen LogP contribution in [0.25, 0.3) is 0 Å². The molecule has 0 spiro atoms. The van der Waals surface area contributed by atoms with Gasteiger partial charge in [-0.3, -0.25) is 0 Å². The minimum atomic E-state index is 0.299. The highest BCUT2D eigenvalue weighted by Gasteiger charge is 2.06. The lowest BCUT2D eigenvalue weighted by molar-refractivity contribution is 0.465. The zero-order valence-corrected chi connectivity index (χ0v) is 7.76. The topological polar surface area (TPSA) is 20.2 Å². The Balaban J connectivity index is 3.23. The number of phenolic OH excluding ortho intramolecular Hbond substituents is 1. The maximum atomic E-state index is 9.51. The molecule has 2 radical (unpaired) electrons. The summed E-state index contributed by atoms with van der Waals surface area (Å²) in [7, 11) is 5.63. The Morgan fingerprint density at radius 3 is 2.42 bits per heavy atom. The Morgan fingerprint density at radius 2 is 1.92 bits per heavy atom. The monoisotopic (exact) mass is 160 g/mol. The molecule has 1 rings (SSSR count). The van der Waals surface area contributed by atoms with E-state index < -0.39 is 0 Å². The molecule has 62 valence electrons. The number of hydrogen-bond acceptors (Lipinski definition) is 1. The molecule has 0 saturated carbocycles. The van der Waals surface area contributed by atoms with Gasteiger partial charge < -0.3 is 5.11 Å². The summed E-state index contributed by atoms with van der Waals surface area (Å²) in [6.07, 6.45) is 0. The molecule has 0 bridgehead atoms. The predicted octanol–water partition coefficient (Wildman–Crippen LogP) is 1.62. The second kappa shape index (κ2) is 3.22. The number of rotatable bonds is 1. The summed E-state index contributed by atoms with van der Waals surface area (Å²) in [6.45, 7) is 6.04. The Labute approximate surface area is 74.8 Å². The van der Waals surface area contributed by atoms with Gasteiger partial charge in [-0.15, -0.1) is 0 Å². The first kappa shape index (κ1) is 9.18. The van der Waals surface area contributed by atoms with Crippen LogP contribution in [-0.4, -0.2) is 13.0 Å². The number of hydrogen-bond donors (Lipinski definition) is 1. The van der Waals surface area contributed by atoms with Crippen LogP contribution in [0.15, 0.2) is 12.1 Å². The van der Waals surface area contributed by atoms with Gasteiger partial charge in [0.2, 0.25) is 0 Å². The second-order valence-electron chi connectivity index (χ2n) is 3.42. The molecular formula is C10H13BO. The largest absolute Gasteiger partial charge is 0.508 e. The maximum absolute atomic E-state index is 9.51. The number of aromatic hydroxyl groups is 1. The second-order valence-corrected chi connectivity index (χ2v) is 3.42. The molecule has 0 heterocycles. The predicted molar refractivity (Wildman–Crippen MR) is 52.3 cm³/mol. The molecule has 0 amide bonds. The van der Waals surface area contributed by atoms with Crippen LogP contribution in [0.1, 0.15) is 30.9 Å². The molecule has 1 nitrogen and oxygen atoms in total. The molecule has 2 heteroatoms. The van der Waals surface area contributed by atoms with Crippen molar-refractivity contribution in [3.63, 3.8) is 0 Å². The van der Waals surface area contributed by atoms with E-state index in [1.165, 1.54) is 0 Å². The third-order valence-corrected chi connectivity index (χ3v) is 2.04. The van der Waals surface area contributed by atoms with E-state index in [0.717, 1.165) is 11.1 Å². The lowest BCUT2D eigenvalue weighted by Gasteiger charge is -2.11. The van der Waals surface area contributed by atoms with Gasteiger partial charge in [0.15, 0.2) is 0 Å². The summed E-state index contributed by atoms with van der Waals surface area (Å²) in [6, 6.07) is 3.56. The van der Waals surface area contributed by atoms with E-state index in [4.69, 9.17) is 7.85 Å². The molecule has 0 aliphatic heterocycles. The van der Waals surface area contributed by atoms with Gasteiger partial charge in [-0.2, -0.15) is 0 Å². The summed E-state index contributed by atoms with van der Waals surface area (Å²) in [5, 5.41) is 9.51. The van der Waals surface area contributed by atoms with E-state index >= 15 is 0 Å². The maximum Gasteiger partial charge on any atom is 0.118 e. The summed E-state index contributed by atoms with van der Waals surface area (Å²) < 4.78 is 0. The standard InChI is InChI=1S/C10H13BO/c1-6(2)8-4-7(3)9(11)5-10(8)12/h4-6,12H,1-3H3. The average molecular weight is 160 g/mol. The molecule has 0 aliphatic carbocycles. The van der Waals surface area contributed by atoms with Crippen molar-refractivity contribution < 1.29 is 5.11 Å². The van der Waals surface area contributed by atoms with Crippen LogP contribution >= 0.6 is 0 Å². The number of benzene rings is 1. The molecule has 1 N–H and O–H groups in total. The number of aryl methyl sites for hydroxylation is 1. The molecule has 0 unspecified atom stereocenters. The Morgan fingerprint density at radius 1 is 1.33 bits per heavy atom. The van der Waals surface area contributed by atoms with Gasteiger partial charge >= 0.3 is 0 Å². The van der Waals surface area contributed by atoms with Gasteiger partial charge in [0.25, 0.3) is 0 Å². The van der Waals surface area contributed by atoms with E-state index in [-0.39, 0.29) is 0 Å². The first-order chi connectivity index (χ1) is 5.52. The zero-order valence-electron chi connectivity index (χ0n) is 7.76. The van der Waals surface area contributed by atoms with Crippen molar-refractivity contribution in [2.75, 3.05) is 0 Å². The molecule has 0 saturated heterocycles. The fourth-order valence-corrected chi connectivity index (χ4v) is 1.20. The highest BCUT2D eigenvalue weighted by molar-refractivity contribution is 6.33. The Hall–Kier alpha value is -0.915. The first-order valence-electron chi connectivity index (χ1n) is 4.11. The van der Waals surface area contributed by atoms with Gasteiger partial charge in [-0.1, -0.05) is 30.9 Å². The van der Waals surface area contributed by atoms with E-state index in [1.54, 1.807) is 6.07 Å². The van der Waals surface area contributed by atoms with Crippen LogP contribution in [0, 0.1) is 6.92 Å². The van der Waals surface area contributed by atoms with Crippen molar-refractivity contribution >= 4 is 13.3 Å². The SMILES string of the molecule is [B]c1cc(O)c(C(C)C)cc1C. The molecule has 0 atom stereocenters. The molecule has 0 fully saturated rings. The third kappa shape index (κ3) is 1.63. The molecular weight excluding hydrogens is 147 g/mol. The van der Waals surface area contributed by atoms with E-state index in [1.807, 2.05) is 26.8 Å².